The molecule has 0 spiro atoms. The van der Waals surface area contributed by atoms with E-state index in [9.17, 15) is 14.9 Å². The number of hydrogen-bond donors (Lipinski definition) is 2. The number of nitrogen functional groups attached to an aromatic ring is 1. The predicted octanol–water partition coefficient (Wildman–Crippen LogP) is 1.33. The van der Waals surface area contributed by atoms with Crippen molar-refractivity contribution in [3.05, 3.63) is 33.9 Å². The van der Waals surface area contributed by atoms with E-state index in [4.69, 9.17) is 10.5 Å². The van der Waals surface area contributed by atoms with Crippen LogP contribution >= 0.6 is 0 Å². The molecule has 0 fully saturated rings. The van der Waals surface area contributed by atoms with E-state index < -0.39 is 10.8 Å². The summed E-state index contributed by atoms with van der Waals surface area (Å²) in [5.41, 5.74) is 5.30. The number of nitrogens with zero attached hydrogens (tertiary/aromatic N) is 1. The summed E-state index contributed by atoms with van der Waals surface area (Å²) in [6.45, 7) is 4.47. The Balaban J connectivity index is 2.67. The highest BCUT2D eigenvalue weighted by Gasteiger charge is 2.18. The Morgan fingerprint density at radius 1 is 1.53 bits per heavy atom. The number of carbonyl (C=O) groups excluding carboxylic acids is 1. The Hall–Kier alpha value is -2.15. The number of amides is 1. The smallest absolute Gasteiger partial charge is 0.292 e. The molecule has 104 valence electrons. The number of nitrogens with one attached hydrogen (secondary N) is 1. The van der Waals surface area contributed by atoms with Gasteiger partial charge >= 0.3 is 0 Å². The lowest BCUT2D eigenvalue weighted by molar-refractivity contribution is -0.383. The number of ether oxygens (including phenoxy) is 1. The summed E-state index contributed by atoms with van der Waals surface area (Å²) in [6.07, 6.45) is 0.0831. The topological polar surface area (TPSA) is 107 Å². The van der Waals surface area contributed by atoms with E-state index in [1.54, 1.807) is 0 Å². The quantitative estimate of drug-likeness (QED) is 0.350. The fourth-order valence-corrected chi connectivity index (χ4v) is 1.46. The van der Waals surface area contributed by atoms with Gasteiger partial charge in [0.25, 0.3) is 11.6 Å². The van der Waals surface area contributed by atoms with E-state index in [2.05, 4.69) is 5.32 Å². The second-order valence-corrected chi connectivity index (χ2v) is 4.17. The highest BCUT2D eigenvalue weighted by Crippen LogP contribution is 2.24. The van der Waals surface area contributed by atoms with Crippen molar-refractivity contribution in [2.24, 2.45) is 0 Å². The van der Waals surface area contributed by atoms with Crippen molar-refractivity contribution in [2.45, 2.75) is 20.0 Å². The van der Waals surface area contributed by atoms with Gasteiger partial charge in [-0.3, -0.25) is 14.9 Å². The molecule has 0 aliphatic heterocycles. The fourth-order valence-electron chi connectivity index (χ4n) is 1.46. The van der Waals surface area contributed by atoms with Crippen LogP contribution in [0, 0.1) is 10.1 Å². The van der Waals surface area contributed by atoms with Gasteiger partial charge in [-0.1, -0.05) is 6.07 Å². The van der Waals surface area contributed by atoms with Gasteiger partial charge < -0.3 is 15.8 Å². The van der Waals surface area contributed by atoms with Gasteiger partial charge in [-0.15, -0.1) is 0 Å². The van der Waals surface area contributed by atoms with E-state index in [-0.39, 0.29) is 23.0 Å². The van der Waals surface area contributed by atoms with Crippen LogP contribution in [0.3, 0.4) is 0 Å². The molecule has 0 aliphatic rings. The van der Waals surface area contributed by atoms with Crippen molar-refractivity contribution >= 4 is 17.3 Å². The summed E-state index contributed by atoms with van der Waals surface area (Å²) in [5.74, 6) is -0.450. The second kappa shape index (κ2) is 6.69. The van der Waals surface area contributed by atoms with Crippen LogP contribution in [0.4, 0.5) is 11.4 Å². The number of hydrogen-bond acceptors (Lipinski definition) is 5. The van der Waals surface area contributed by atoms with Gasteiger partial charge in [-0.25, -0.2) is 0 Å². The Morgan fingerprint density at radius 2 is 2.21 bits per heavy atom. The maximum atomic E-state index is 11.8. The first kappa shape index (κ1) is 14.9. The van der Waals surface area contributed by atoms with E-state index >= 15 is 0 Å². The molecule has 0 bridgehead atoms. The van der Waals surface area contributed by atoms with Crippen molar-refractivity contribution in [1.29, 1.82) is 0 Å². The molecular weight excluding hydrogens is 250 g/mol. The largest absolute Gasteiger partial charge is 0.393 e. The van der Waals surface area contributed by atoms with Gasteiger partial charge in [0.05, 0.1) is 23.2 Å². The van der Waals surface area contributed by atoms with Crippen molar-refractivity contribution in [1.82, 2.24) is 5.32 Å². The lowest BCUT2D eigenvalue weighted by atomic mass is 10.1. The van der Waals surface area contributed by atoms with Crippen LogP contribution in [0.5, 0.6) is 0 Å². The number of para-hydroxylation sites is 1. The van der Waals surface area contributed by atoms with Crippen molar-refractivity contribution in [2.75, 3.05) is 18.9 Å². The maximum absolute atomic E-state index is 11.8. The summed E-state index contributed by atoms with van der Waals surface area (Å²) in [5, 5.41) is 13.3. The van der Waals surface area contributed by atoms with Crippen molar-refractivity contribution < 1.29 is 14.5 Å². The van der Waals surface area contributed by atoms with Gasteiger partial charge in [0.15, 0.2) is 0 Å². The molecule has 1 aromatic carbocycles. The standard InChI is InChI=1S/C12H17N3O4/c1-8(2)19-7-6-14-12(16)9-4-3-5-10(11(9)13)15(17)18/h3-5,8H,6-7,13H2,1-2H3,(H,14,16). The molecule has 1 aromatic rings. The van der Waals surface area contributed by atoms with E-state index in [1.807, 2.05) is 13.8 Å². The van der Waals surface area contributed by atoms with E-state index in [0.29, 0.717) is 13.2 Å². The number of nitro benzene ring substituents is 1. The highest BCUT2D eigenvalue weighted by atomic mass is 16.6. The van der Waals surface area contributed by atoms with Gasteiger partial charge in [-0.05, 0) is 19.9 Å². The molecule has 0 radical (unpaired) electrons. The maximum Gasteiger partial charge on any atom is 0.292 e. The zero-order valence-corrected chi connectivity index (χ0v) is 10.9. The molecule has 7 nitrogen and oxygen atoms in total. The summed E-state index contributed by atoms with van der Waals surface area (Å²) >= 11 is 0. The number of benzene rings is 1. The lowest BCUT2D eigenvalue weighted by Gasteiger charge is -2.09. The monoisotopic (exact) mass is 267 g/mol. The number of anilines is 1. The van der Waals surface area contributed by atoms with Crippen LogP contribution < -0.4 is 11.1 Å². The zero-order chi connectivity index (χ0) is 14.4. The molecule has 0 aromatic heterocycles. The third-order valence-corrected chi connectivity index (χ3v) is 2.36. The predicted molar refractivity (Wildman–Crippen MR) is 70.9 cm³/mol. The van der Waals surface area contributed by atoms with Crippen LogP contribution in [0.15, 0.2) is 18.2 Å². The molecule has 0 heterocycles. The molecule has 0 aliphatic carbocycles. The minimum absolute atomic E-state index is 0.0831. The molecule has 0 atom stereocenters. The molecule has 0 saturated heterocycles. The van der Waals surface area contributed by atoms with Gasteiger partial charge in [0, 0.05) is 12.6 Å². The fraction of sp³-hybridized carbons (Fsp3) is 0.417. The van der Waals surface area contributed by atoms with Crippen LogP contribution in [0.2, 0.25) is 0 Å². The average molecular weight is 267 g/mol. The van der Waals surface area contributed by atoms with Gasteiger partial charge in [-0.2, -0.15) is 0 Å². The Morgan fingerprint density at radius 3 is 2.79 bits per heavy atom. The highest BCUT2D eigenvalue weighted by molar-refractivity contribution is 6.00. The van der Waals surface area contributed by atoms with Crippen LogP contribution in [0.1, 0.15) is 24.2 Å². The van der Waals surface area contributed by atoms with Gasteiger partial charge in [0.1, 0.15) is 5.69 Å². The normalized spacial score (nSPS) is 10.5. The molecule has 7 heteroatoms. The van der Waals surface area contributed by atoms with Crippen molar-refractivity contribution in [3.8, 4) is 0 Å². The number of carbonyl (C=O) groups is 1. The summed E-state index contributed by atoms with van der Waals surface area (Å²) in [7, 11) is 0. The third kappa shape index (κ3) is 4.22. The molecule has 3 N–H and O–H groups in total. The Bertz CT molecular complexity index is 474. The van der Waals surface area contributed by atoms with Crippen LogP contribution in [-0.4, -0.2) is 30.1 Å². The minimum Gasteiger partial charge on any atom is -0.393 e. The molecule has 1 rings (SSSR count). The van der Waals surface area contributed by atoms with E-state index in [1.165, 1.54) is 18.2 Å². The number of nitro groups is 1. The van der Waals surface area contributed by atoms with Crippen LogP contribution in [0.25, 0.3) is 0 Å². The van der Waals surface area contributed by atoms with E-state index in [0.717, 1.165) is 0 Å². The Labute approximate surface area is 110 Å². The first-order chi connectivity index (χ1) is 8.93. The molecule has 1 amide bonds. The third-order valence-electron chi connectivity index (χ3n) is 2.36. The minimum atomic E-state index is -0.617. The summed E-state index contributed by atoms with van der Waals surface area (Å²) < 4.78 is 5.27. The molecule has 0 saturated carbocycles. The average Bonchev–Trinajstić information content (AvgIpc) is 2.34. The summed E-state index contributed by atoms with van der Waals surface area (Å²) in [4.78, 5) is 21.9. The SMILES string of the molecule is CC(C)OCCNC(=O)c1cccc([N+](=O)[O-])c1N. The zero-order valence-electron chi connectivity index (χ0n) is 10.9. The second-order valence-electron chi connectivity index (χ2n) is 4.17. The first-order valence-electron chi connectivity index (χ1n) is 5.86. The van der Waals surface area contributed by atoms with Crippen molar-refractivity contribution in [3.63, 3.8) is 0 Å². The Kier molecular flexibility index (Phi) is 5.25. The van der Waals surface area contributed by atoms with Crippen LogP contribution in [-0.2, 0) is 4.74 Å². The lowest BCUT2D eigenvalue weighted by Crippen LogP contribution is -2.28. The molecular formula is C12H17N3O4. The number of nitrogens with two attached hydrogens (primary N) is 1. The van der Waals surface area contributed by atoms with Gasteiger partial charge in [0.2, 0.25) is 0 Å². The molecule has 0 unspecified atom stereocenters. The molecule has 19 heavy (non-hydrogen) atoms. The number of rotatable bonds is 6. The first-order valence-corrected chi connectivity index (χ1v) is 5.86. The summed E-state index contributed by atoms with van der Waals surface area (Å²) in [6, 6.07) is 4.13.